The van der Waals surface area contributed by atoms with Crippen molar-refractivity contribution in [3.8, 4) is 0 Å². The van der Waals surface area contributed by atoms with Crippen LogP contribution in [0.2, 0.25) is 47.2 Å². The fraction of sp³-hybridized carbons (Fsp3) is 0.800. The first-order chi connectivity index (χ1) is 12.7. The van der Waals surface area contributed by atoms with Crippen molar-refractivity contribution >= 4 is 23.5 Å². The Morgan fingerprint density at radius 2 is 1.00 bits per heavy atom. The van der Waals surface area contributed by atoms with Gasteiger partial charge in [0.2, 0.25) is 0 Å². The molecule has 10 rings (SSSR count). The summed E-state index contributed by atoms with van der Waals surface area (Å²) in [5, 5.41) is 0. The molecule has 0 aromatic rings. The molecule has 146 valence electrons. The third-order valence-electron chi connectivity index (χ3n) is 17.2. The van der Waals surface area contributed by atoms with Crippen LogP contribution in [0, 0.1) is 0 Å². The Balaban J connectivity index is 1.13. The van der Waals surface area contributed by atoms with Crippen LogP contribution in [0.4, 0.5) is 0 Å². The van der Waals surface area contributed by atoms with Gasteiger partial charge in [-0.1, -0.05) is 0 Å². The summed E-state index contributed by atoms with van der Waals surface area (Å²) in [5.41, 5.74) is 0. The number of rotatable bonds is 8. The summed E-state index contributed by atoms with van der Waals surface area (Å²) in [4.78, 5) is 56.1. The predicted octanol–water partition coefficient (Wildman–Crippen LogP) is 3.16. The average Bonchev–Trinajstić information content (AvgIpc) is 3.62. The zero-order valence-electron chi connectivity index (χ0n) is 15.3. The van der Waals surface area contributed by atoms with E-state index in [0.717, 1.165) is 19.3 Å². The average molecular weight is 414 g/mol. The molecule has 0 bridgehead atoms. The minimum absolute atomic E-state index is 0.0661. The number of Topliss-reactive ketones (excluding diaryl/α,β-unsaturated/α-hetero) is 2. The molecule has 0 aromatic heterocycles. The fourth-order valence-electron chi connectivity index (χ4n) is 19.1. The molecule has 1 spiro atoms. The van der Waals surface area contributed by atoms with Crippen LogP contribution < -0.4 is 0 Å². The van der Waals surface area contributed by atoms with Crippen molar-refractivity contribution in [3.63, 3.8) is 0 Å². The SMILES string of the molecule is COC(=O)CCC(=O)[C]12[CH]3[CH]4[CH]5[CH]1[Fe]45321678[CH]2[CH]1[CH]6[C]7(C(=O)CCC(=O)OC)[CH]28. The van der Waals surface area contributed by atoms with Crippen LogP contribution in [0.5, 0.6) is 0 Å². The number of fused-ring (bicyclic) bond motifs is 10. The minimum atomic E-state index is -4.16. The third-order valence-corrected chi connectivity index (χ3v) is 60.0. The normalized spacial score (nSPS) is 81.4. The Morgan fingerprint density at radius 1 is 0.667 bits per heavy atom. The molecule has 8 unspecified atom stereocenters. The molecule has 0 saturated carbocycles. The molecule has 0 aromatic carbocycles. The van der Waals surface area contributed by atoms with Crippen molar-refractivity contribution in [3.05, 3.63) is 0 Å². The van der Waals surface area contributed by atoms with Gasteiger partial charge in [0.25, 0.3) is 0 Å². The first-order valence-electron chi connectivity index (χ1n) is 10.1. The standard InChI is InChI=1S/2C10H11O3.Fe/c2*1-13-10(12)7-6-9(11)8-4-2-3-5-8;/h2*2-5H,6-7H2,1H3;. The summed E-state index contributed by atoms with van der Waals surface area (Å²) in [6.07, 6.45) is 1.00. The number of hydrogen-bond donors (Lipinski definition) is 0. The molecule has 0 radical (unpaired) electrons. The van der Waals surface area contributed by atoms with Crippen molar-refractivity contribution in [2.24, 2.45) is 0 Å². The van der Waals surface area contributed by atoms with Crippen LogP contribution in [0.3, 0.4) is 0 Å². The van der Waals surface area contributed by atoms with Crippen molar-refractivity contribution in [2.45, 2.75) is 72.8 Å². The Kier molecular flexibility index (Phi) is 0.713. The number of ketones is 2. The van der Waals surface area contributed by atoms with E-state index in [1.54, 1.807) is 0 Å². The van der Waals surface area contributed by atoms with Crippen molar-refractivity contribution in [1.82, 2.24) is 0 Å². The Hall–Kier alpha value is -1.20. The molecule has 0 N–H and O–H groups in total. The molecule has 6 nitrogen and oxygen atoms in total. The van der Waals surface area contributed by atoms with Gasteiger partial charge in [0.15, 0.2) is 0 Å². The number of methoxy groups -OCH3 is 2. The zero-order valence-corrected chi connectivity index (χ0v) is 16.4. The summed E-state index contributed by atoms with van der Waals surface area (Å²) in [6.45, 7) is -4.16. The van der Waals surface area contributed by atoms with Gasteiger partial charge in [-0.05, 0) is 0 Å². The maximum atomic E-state index is 13.5. The molecule has 8 atom stereocenters. The molecule has 10 aliphatic rings. The van der Waals surface area contributed by atoms with Crippen LogP contribution in [0.1, 0.15) is 25.7 Å². The van der Waals surface area contributed by atoms with Crippen LogP contribution >= 0.6 is 0 Å². The van der Waals surface area contributed by atoms with E-state index >= 15 is 0 Å². The summed E-state index contributed by atoms with van der Waals surface area (Å²) in [7, 11) is 2.74. The summed E-state index contributed by atoms with van der Waals surface area (Å²) in [6, 6.07) is 0. The molecule has 27 heavy (non-hydrogen) atoms. The van der Waals surface area contributed by atoms with Gasteiger partial charge in [-0.15, -0.1) is 0 Å². The Labute approximate surface area is 146 Å². The van der Waals surface area contributed by atoms with Crippen LogP contribution in [-0.2, 0) is 35.2 Å². The van der Waals surface area contributed by atoms with Gasteiger partial charge < -0.3 is 0 Å². The van der Waals surface area contributed by atoms with Crippen molar-refractivity contribution in [2.75, 3.05) is 14.2 Å². The number of carbonyl (C=O) groups excluding carboxylic acids is 4. The number of carbonyl (C=O) groups is 4. The van der Waals surface area contributed by atoms with Gasteiger partial charge in [-0.2, -0.15) is 0 Å². The summed E-state index contributed by atoms with van der Waals surface area (Å²) >= 11 is 0. The van der Waals surface area contributed by atoms with E-state index in [1.165, 1.54) is 14.2 Å². The van der Waals surface area contributed by atoms with Crippen LogP contribution in [-0.4, -0.2) is 37.7 Å². The molecule has 0 amide bonds. The molecule has 10 fully saturated rings. The molecule has 0 aliphatic carbocycles. The third kappa shape index (κ3) is 0.205. The first kappa shape index (κ1) is 13.1. The number of esters is 2. The van der Waals surface area contributed by atoms with Crippen molar-refractivity contribution < 1.29 is 35.2 Å². The number of ether oxygens (including phenoxy) is 2. The van der Waals surface area contributed by atoms with Crippen molar-refractivity contribution in [1.29, 1.82) is 0 Å². The zero-order chi connectivity index (χ0) is 18.5. The monoisotopic (exact) mass is 414 g/mol. The molecule has 10 heterocycles. The van der Waals surface area contributed by atoms with Gasteiger partial charge >= 0.3 is 146 Å². The second-order valence-corrected chi connectivity index (χ2v) is 36.0. The van der Waals surface area contributed by atoms with Crippen LogP contribution in [0.25, 0.3) is 0 Å². The second kappa shape index (κ2) is 1.47. The van der Waals surface area contributed by atoms with Gasteiger partial charge in [0.1, 0.15) is 0 Å². The van der Waals surface area contributed by atoms with E-state index in [4.69, 9.17) is 9.47 Å². The van der Waals surface area contributed by atoms with Gasteiger partial charge in [-0.3, -0.25) is 0 Å². The topological polar surface area (TPSA) is 86.7 Å². The summed E-state index contributed by atoms with van der Waals surface area (Å²) in [5.74, 6) is 0.0804. The first-order valence-corrected chi connectivity index (χ1v) is 16.3. The van der Waals surface area contributed by atoms with E-state index in [1.807, 2.05) is 0 Å². The molecular weight excluding hydrogens is 392 g/mol. The quantitative estimate of drug-likeness (QED) is 0.448. The van der Waals surface area contributed by atoms with E-state index in [-0.39, 0.29) is 33.4 Å². The molecule has 10 aliphatic heterocycles. The molecular formula is C20H22FeO6. The van der Waals surface area contributed by atoms with Crippen LogP contribution in [0.15, 0.2) is 0 Å². The van der Waals surface area contributed by atoms with E-state index < -0.39 is 6.51 Å². The van der Waals surface area contributed by atoms with Gasteiger partial charge in [-0.25, -0.2) is 0 Å². The molecule has 10 saturated heterocycles. The van der Waals surface area contributed by atoms with Gasteiger partial charge in [0.05, 0.1) is 0 Å². The van der Waals surface area contributed by atoms with Gasteiger partial charge in [0, 0.05) is 0 Å². The maximum absolute atomic E-state index is 13.5. The predicted molar refractivity (Wildman–Crippen MR) is 87.9 cm³/mol. The van der Waals surface area contributed by atoms with E-state index in [0.29, 0.717) is 43.7 Å². The van der Waals surface area contributed by atoms with E-state index in [9.17, 15) is 19.2 Å². The number of hydrogen-bond acceptors (Lipinski definition) is 6. The Morgan fingerprint density at radius 3 is 1.26 bits per heavy atom. The van der Waals surface area contributed by atoms with E-state index in [2.05, 4.69) is 0 Å². The Bertz CT molecular complexity index is 1280. The fourth-order valence-corrected chi connectivity index (χ4v) is 95.1. The molecule has 7 heteroatoms. The summed E-state index contributed by atoms with van der Waals surface area (Å²) < 4.78 is 9.36. The second-order valence-electron chi connectivity index (χ2n) is 12.8.